The van der Waals surface area contributed by atoms with Crippen molar-refractivity contribution < 1.29 is 19.0 Å². The van der Waals surface area contributed by atoms with Crippen LogP contribution in [0.1, 0.15) is 0 Å². The molecule has 0 bridgehead atoms. The summed E-state index contributed by atoms with van der Waals surface area (Å²) in [6.45, 7) is 0. The largest absolute Gasteiger partial charge is 0.465 e. The van der Waals surface area contributed by atoms with Crippen molar-refractivity contribution in [2.75, 3.05) is 21.3 Å². The summed E-state index contributed by atoms with van der Waals surface area (Å²) in [5.41, 5.74) is 0. The first-order valence-electron chi connectivity index (χ1n) is 3.17. The first kappa shape index (κ1) is 11.4. The van der Waals surface area contributed by atoms with Gasteiger partial charge in [0, 0.05) is 14.2 Å². The minimum absolute atomic E-state index is 0.0637. The van der Waals surface area contributed by atoms with Crippen molar-refractivity contribution >= 4 is 17.6 Å². The topological polar surface area (TPSA) is 44.8 Å². The van der Waals surface area contributed by atoms with Crippen LogP contribution in [-0.4, -0.2) is 33.6 Å². The highest BCUT2D eigenvalue weighted by atomic mass is 35.5. The molecule has 0 radical (unpaired) electrons. The highest BCUT2D eigenvalue weighted by Gasteiger charge is 2.09. The number of esters is 1. The second-order valence-electron chi connectivity index (χ2n) is 1.85. The summed E-state index contributed by atoms with van der Waals surface area (Å²) >= 11 is 5.51. The van der Waals surface area contributed by atoms with Gasteiger partial charge < -0.3 is 14.2 Å². The van der Waals surface area contributed by atoms with Gasteiger partial charge in [0.2, 0.25) is 0 Å². The highest BCUT2D eigenvalue weighted by molar-refractivity contribution is 6.41. The summed E-state index contributed by atoms with van der Waals surface area (Å²) in [6, 6.07) is 0. The molecule has 70 valence electrons. The van der Waals surface area contributed by atoms with Crippen molar-refractivity contribution in [1.29, 1.82) is 0 Å². The number of methoxy groups -OCH3 is 3. The second kappa shape index (κ2) is 5.99. The molecular formula is C7H11ClO4. The molecule has 0 aromatic heterocycles. The molecule has 0 amide bonds. The predicted octanol–water partition coefficient (Wildman–Crippen LogP) is 0.901. The molecule has 0 spiro atoms. The molecule has 0 unspecified atom stereocenters. The summed E-state index contributed by atoms with van der Waals surface area (Å²) < 4.78 is 13.9. The molecule has 4 nitrogen and oxygen atoms in total. The monoisotopic (exact) mass is 194 g/mol. The van der Waals surface area contributed by atoms with E-state index in [1.165, 1.54) is 27.4 Å². The van der Waals surface area contributed by atoms with E-state index in [-0.39, 0.29) is 5.03 Å². The number of carbonyl (C=O) groups excluding carboxylic acids is 1. The Morgan fingerprint density at radius 1 is 1.33 bits per heavy atom. The lowest BCUT2D eigenvalue weighted by Crippen LogP contribution is -2.11. The van der Waals surface area contributed by atoms with Gasteiger partial charge in [-0.1, -0.05) is 11.6 Å². The first-order chi connectivity index (χ1) is 5.65. The zero-order valence-electron chi connectivity index (χ0n) is 7.17. The number of rotatable bonds is 4. The third-order valence-electron chi connectivity index (χ3n) is 1.13. The lowest BCUT2D eigenvalue weighted by Gasteiger charge is -2.07. The van der Waals surface area contributed by atoms with E-state index in [1.807, 2.05) is 0 Å². The molecule has 0 rings (SSSR count). The van der Waals surface area contributed by atoms with Gasteiger partial charge >= 0.3 is 5.97 Å². The van der Waals surface area contributed by atoms with Gasteiger partial charge in [0.25, 0.3) is 0 Å². The second-order valence-corrected chi connectivity index (χ2v) is 2.25. The Kier molecular flexibility index (Phi) is 5.70. The van der Waals surface area contributed by atoms with Crippen LogP contribution in [0.15, 0.2) is 11.1 Å². The van der Waals surface area contributed by atoms with E-state index in [1.54, 1.807) is 0 Å². The molecule has 5 heteroatoms. The van der Waals surface area contributed by atoms with Crippen molar-refractivity contribution in [3.8, 4) is 0 Å². The fourth-order valence-corrected chi connectivity index (χ4v) is 0.697. The van der Waals surface area contributed by atoms with Gasteiger partial charge in [-0.05, 0) is 6.08 Å². The fourth-order valence-electron chi connectivity index (χ4n) is 0.517. The summed E-state index contributed by atoms with van der Waals surface area (Å²) in [4.78, 5) is 10.7. The van der Waals surface area contributed by atoms with E-state index < -0.39 is 12.3 Å². The number of carbonyl (C=O) groups is 1. The van der Waals surface area contributed by atoms with Crippen LogP contribution in [0.2, 0.25) is 0 Å². The van der Waals surface area contributed by atoms with Crippen molar-refractivity contribution in [3.63, 3.8) is 0 Å². The molecule has 0 saturated heterocycles. The van der Waals surface area contributed by atoms with Gasteiger partial charge in [0.1, 0.15) is 5.03 Å². The van der Waals surface area contributed by atoms with Crippen molar-refractivity contribution in [2.45, 2.75) is 6.29 Å². The van der Waals surface area contributed by atoms with Crippen LogP contribution in [0, 0.1) is 0 Å². The lowest BCUT2D eigenvalue weighted by molar-refractivity contribution is -0.135. The summed E-state index contributed by atoms with van der Waals surface area (Å²) in [7, 11) is 4.12. The molecular weight excluding hydrogens is 184 g/mol. The zero-order valence-corrected chi connectivity index (χ0v) is 7.92. The molecule has 0 aliphatic carbocycles. The van der Waals surface area contributed by atoms with Gasteiger partial charge in [-0.25, -0.2) is 4.79 Å². The maximum absolute atomic E-state index is 10.7. The Morgan fingerprint density at radius 3 is 2.17 bits per heavy atom. The highest BCUT2D eigenvalue weighted by Crippen LogP contribution is 2.06. The predicted molar refractivity (Wildman–Crippen MR) is 43.8 cm³/mol. The van der Waals surface area contributed by atoms with Gasteiger partial charge in [-0.2, -0.15) is 0 Å². The molecule has 0 aromatic rings. The van der Waals surface area contributed by atoms with Crippen LogP contribution >= 0.6 is 11.6 Å². The van der Waals surface area contributed by atoms with Crippen LogP contribution in [0.25, 0.3) is 0 Å². The van der Waals surface area contributed by atoms with E-state index in [0.29, 0.717) is 0 Å². The smallest absolute Gasteiger partial charge is 0.349 e. The molecule has 0 atom stereocenters. The van der Waals surface area contributed by atoms with Gasteiger partial charge in [-0.15, -0.1) is 0 Å². The average molecular weight is 195 g/mol. The molecule has 0 N–H and O–H groups in total. The Labute approximate surface area is 76.0 Å². The van der Waals surface area contributed by atoms with Crippen molar-refractivity contribution in [2.24, 2.45) is 0 Å². The van der Waals surface area contributed by atoms with Gasteiger partial charge in [-0.3, -0.25) is 0 Å². The van der Waals surface area contributed by atoms with E-state index in [0.717, 1.165) is 0 Å². The number of halogens is 1. The Morgan fingerprint density at radius 2 is 1.83 bits per heavy atom. The zero-order chi connectivity index (χ0) is 9.56. The summed E-state index contributed by atoms with van der Waals surface area (Å²) in [5, 5.41) is -0.0637. The number of hydrogen-bond acceptors (Lipinski definition) is 4. The van der Waals surface area contributed by atoms with Crippen LogP contribution < -0.4 is 0 Å². The standard InChI is InChI=1S/C7H11ClO4/c1-10-6(11-2)4-5(8)7(9)12-3/h4,6H,1-3H3/b5-4+. The van der Waals surface area contributed by atoms with E-state index >= 15 is 0 Å². The van der Waals surface area contributed by atoms with Crippen LogP contribution in [0.4, 0.5) is 0 Å². The van der Waals surface area contributed by atoms with Crippen LogP contribution in [0.5, 0.6) is 0 Å². The van der Waals surface area contributed by atoms with Gasteiger partial charge in [0.05, 0.1) is 7.11 Å². The molecule has 0 aromatic carbocycles. The molecule has 0 saturated carbocycles. The normalized spacial score (nSPS) is 11.9. The Bertz CT molecular complexity index is 174. The quantitative estimate of drug-likeness (QED) is 0.379. The maximum Gasteiger partial charge on any atom is 0.349 e. The molecule has 12 heavy (non-hydrogen) atoms. The fraction of sp³-hybridized carbons (Fsp3) is 0.571. The number of hydrogen-bond donors (Lipinski definition) is 0. The van der Waals surface area contributed by atoms with E-state index in [2.05, 4.69) is 4.74 Å². The minimum Gasteiger partial charge on any atom is -0.465 e. The maximum atomic E-state index is 10.7. The van der Waals surface area contributed by atoms with Gasteiger partial charge in [0.15, 0.2) is 6.29 Å². The molecule has 0 heterocycles. The first-order valence-corrected chi connectivity index (χ1v) is 3.54. The van der Waals surface area contributed by atoms with Crippen molar-refractivity contribution in [3.05, 3.63) is 11.1 Å². The van der Waals surface area contributed by atoms with E-state index in [9.17, 15) is 4.79 Å². The average Bonchev–Trinajstić information content (AvgIpc) is 2.12. The molecule has 0 aliphatic heterocycles. The number of ether oxygens (including phenoxy) is 3. The molecule has 0 fully saturated rings. The van der Waals surface area contributed by atoms with Crippen LogP contribution in [0.3, 0.4) is 0 Å². The summed E-state index contributed by atoms with van der Waals surface area (Å²) in [6.07, 6.45) is 0.685. The third-order valence-corrected chi connectivity index (χ3v) is 1.41. The van der Waals surface area contributed by atoms with E-state index in [4.69, 9.17) is 21.1 Å². The molecule has 0 aliphatic rings. The van der Waals surface area contributed by atoms with Crippen molar-refractivity contribution in [1.82, 2.24) is 0 Å². The lowest BCUT2D eigenvalue weighted by atomic mass is 10.5. The third kappa shape index (κ3) is 3.71. The minimum atomic E-state index is -0.628. The van der Waals surface area contributed by atoms with Crippen LogP contribution in [-0.2, 0) is 19.0 Å². The summed E-state index contributed by atoms with van der Waals surface area (Å²) in [5.74, 6) is -0.615. The SMILES string of the molecule is COC(=O)/C(Cl)=C\C(OC)OC. The Hall–Kier alpha value is -0.580. The Balaban J connectivity index is 4.21.